The maximum absolute atomic E-state index is 12.5. The molecule has 0 aliphatic carbocycles. The van der Waals surface area contributed by atoms with Crippen molar-refractivity contribution < 1.29 is 28.9 Å². The van der Waals surface area contributed by atoms with Crippen LogP contribution in [0.2, 0.25) is 0 Å². The lowest BCUT2D eigenvalue weighted by molar-refractivity contribution is 0.0696. The van der Waals surface area contributed by atoms with E-state index in [0.717, 1.165) is 0 Å². The van der Waals surface area contributed by atoms with Crippen LogP contribution in [0.1, 0.15) is 34.6 Å². The lowest BCUT2D eigenvalue weighted by atomic mass is 10.1. The zero-order valence-corrected chi connectivity index (χ0v) is 14.9. The van der Waals surface area contributed by atoms with Crippen LogP contribution in [0.25, 0.3) is 0 Å². The first kappa shape index (κ1) is 19.1. The number of aromatic carboxylic acids is 1. The van der Waals surface area contributed by atoms with Crippen LogP contribution in [0.5, 0.6) is 17.2 Å². The first-order chi connectivity index (χ1) is 12.5. The molecule has 0 saturated heterocycles. The molecule has 0 fully saturated rings. The maximum atomic E-state index is 12.5. The van der Waals surface area contributed by atoms with E-state index in [2.05, 4.69) is 5.32 Å². The van der Waals surface area contributed by atoms with Crippen molar-refractivity contribution >= 4 is 17.6 Å². The summed E-state index contributed by atoms with van der Waals surface area (Å²) in [5, 5.41) is 11.7. The van der Waals surface area contributed by atoms with Gasteiger partial charge in [-0.3, -0.25) is 4.79 Å². The molecule has 0 radical (unpaired) electrons. The average molecular weight is 359 g/mol. The fraction of sp³-hybridized carbons (Fsp3) is 0.263. The summed E-state index contributed by atoms with van der Waals surface area (Å²) in [4.78, 5) is 23.6. The van der Waals surface area contributed by atoms with Crippen LogP contribution in [-0.4, -0.2) is 37.3 Å². The predicted molar refractivity (Wildman–Crippen MR) is 96.7 cm³/mol. The Morgan fingerprint density at radius 2 is 1.54 bits per heavy atom. The number of hydrogen-bond acceptors (Lipinski definition) is 5. The van der Waals surface area contributed by atoms with Crippen LogP contribution in [0.3, 0.4) is 0 Å². The SMILES string of the molecule is CCOc1ccc(C(=O)Nc2ccc(C(=O)O)cc2OC)cc1OCC. The van der Waals surface area contributed by atoms with Crippen molar-refractivity contribution in [3.8, 4) is 17.2 Å². The Morgan fingerprint density at radius 3 is 2.15 bits per heavy atom. The molecule has 2 rings (SSSR count). The second-order valence-electron chi connectivity index (χ2n) is 5.20. The normalized spacial score (nSPS) is 10.1. The monoisotopic (exact) mass is 359 g/mol. The smallest absolute Gasteiger partial charge is 0.335 e. The summed E-state index contributed by atoms with van der Waals surface area (Å²) in [6.45, 7) is 4.63. The van der Waals surface area contributed by atoms with E-state index in [0.29, 0.717) is 36.0 Å². The third-order valence-corrected chi connectivity index (χ3v) is 3.50. The highest BCUT2D eigenvalue weighted by Gasteiger charge is 2.15. The molecule has 2 aromatic rings. The fourth-order valence-electron chi connectivity index (χ4n) is 2.31. The van der Waals surface area contributed by atoms with E-state index in [9.17, 15) is 9.59 Å². The predicted octanol–water partition coefficient (Wildman–Crippen LogP) is 3.44. The van der Waals surface area contributed by atoms with Gasteiger partial charge in [0.2, 0.25) is 0 Å². The van der Waals surface area contributed by atoms with Gasteiger partial charge in [-0.1, -0.05) is 0 Å². The zero-order chi connectivity index (χ0) is 19.1. The molecular weight excluding hydrogens is 338 g/mol. The van der Waals surface area contributed by atoms with Crippen LogP contribution >= 0.6 is 0 Å². The molecule has 7 nitrogen and oxygen atoms in total. The number of benzene rings is 2. The average Bonchev–Trinajstić information content (AvgIpc) is 2.63. The van der Waals surface area contributed by atoms with E-state index in [1.54, 1.807) is 18.2 Å². The van der Waals surface area contributed by atoms with E-state index in [-0.39, 0.29) is 17.2 Å². The Labute approximate surface area is 151 Å². The van der Waals surface area contributed by atoms with Gasteiger partial charge in [0.15, 0.2) is 11.5 Å². The van der Waals surface area contributed by atoms with Gasteiger partial charge in [0, 0.05) is 5.56 Å². The molecule has 0 bridgehead atoms. The number of carbonyl (C=O) groups is 2. The number of amides is 1. The van der Waals surface area contributed by atoms with Gasteiger partial charge in [-0.2, -0.15) is 0 Å². The summed E-state index contributed by atoms with van der Waals surface area (Å²) in [6, 6.07) is 9.13. The van der Waals surface area contributed by atoms with Gasteiger partial charge >= 0.3 is 5.97 Å². The summed E-state index contributed by atoms with van der Waals surface area (Å²) in [5.74, 6) is -0.150. The van der Waals surface area contributed by atoms with Crippen molar-refractivity contribution in [1.82, 2.24) is 0 Å². The van der Waals surface area contributed by atoms with Crippen molar-refractivity contribution in [2.75, 3.05) is 25.6 Å². The zero-order valence-electron chi connectivity index (χ0n) is 14.9. The molecule has 0 atom stereocenters. The fourth-order valence-corrected chi connectivity index (χ4v) is 2.31. The Bertz CT molecular complexity index is 803. The molecular formula is C19H21NO6. The molecule has 0 aromatic heterocycles. The quantitative estimate of drug-likeness (QED) is 0.750. The molecule has 2 N–H and O–H groups in total. The number of carboxylic acids is 1. The topological polar surface area (TPSA) is 94.1 Å². The Hall–Kier alpha value is -3.22. The number of methoxy groups -OCH3 is 1. The van der Waals surface area contributed by atoms with Gasteiger partial charge in [0.05, 0.1) is 31.6 Å². The van der Waals surface area contributed by atoms with Crippen LogP contribution in [-0.2, 0) is 0 Å². The lowest BCUT2D eigenvalue weighted by Gasteiger charge is -2.14. The number of hydrogen-bond donors (Lipinski definition) is 2. The molecule has 0 aliphatic rings. The molecule has 0 heterocycles. The molecule has 2 aromatic carbocycles. The van der Waals surface area contributed by atoms with Crippen LogP contribution in [0.15, 0.2) is 36.4 Å². The van der Waals surface area contributed by atoms with E-state index >= 15 is 0 Å². The third kappa shape index (κ3) is 4.44. The highest BCUT2D eigenvalue weighted by Crippen LogP contribution is 2.30. The number of carboxylic acid groups (broad SMARTS) is 1. The molecule has 0 aliphatic heterocycles. The largest absolute Gasteiger partial charge is 0.495 e. The van der Waals surface area contributed by atoms with E-state index in [1.807, 2.05) is 13.8 Å². The Balaban J connectivity index is 2.27. The standard InChI is InChI=1S/C19H21NO6/c1-4-25-15-9-7-12(10-17(15)26-5-2)18(21)20-14-8-6-13(19(22)23)11-16(14)24-3/h6-11H,4-5H2,1-3H3,(H,20,21)(H,22,23). The highest BCUT2D eigenvalue weighted by molar-refractivity contribution is 6.05. The van der Waals surface area contributed by atoms with Crippen molar-refractivity contribution in [3.63, 3.8) is 0 Å². The number of ether oxygens (including phenoxy) is 3. The number of carbonyl (C=O) groups excluding carboxylic acids is 1. The van der Waals surface area contributed by atoms with Gasteiger partial charge in [-0.15, -0.1) is 0 Å². The second kappa shape index (κ2) is 8.75. The highest BCUT2D eigenvalue weighted by atomic mass is 16.5. The molecule has 138 valence electrons. The van der Waals surface area contributed by atoms with E-state index in [1.165, 1.54) is 25.3 Å². The second-order valence-corrected chi connectivity index (χ2v) is 5.20. The van der Waals surface area contributed by atoms with Crippen LogP contribution in [0, 0.1) is 0 Å². The summed E-state index contributed by atoms with van der Waals surface area (Å²) in [6.07, 6.45) is 0. The van der Waals surface area contributed by atoms with Crippen molar-refractivity contribution in [2.45, 2.75) is 13.8 Å². The molecule has 7 heteroatoms. The van der Waals surface area contributed by atoms with E-state index in [4.69, 9.17) is 19.3 Å². The maximum Gasteiger partial charge on any atom is 0.335 e. The van der Waals surface area contributed by atoms with E-state index < -0.39 is 5.97 Å². The van der Waals surface area contributed by atoms with Gasteiger partial charge in [0.1, 0.15) is 5.75 Å². The first-order valence-electron chi connectivity index (χ1n) is 8.12. The molecule has 0 saturated carbocycles. The molecule has 26 heavy (non-hydrogen) atoms. The van der Waals surface area contributed by atoms with Crippen molar-refractivity contribution in [1.29, 1.82) is 0 Å². The summed E-state index contributed by atoms with van der Waals surface area (Å²) < 4.78 is 16.2. The summed E-state index contributed by atoms with van der Waals surface area (Å²) >= 11 is 0. The van der Waals surface area contributed by atoms with Gasteiger partial charge < -0.3 is 24.6 Å². The minimum absolute atomic E-state index is 0.0690. The summed E-state index contributed by atoms with van der Waals surface area (Å²) in [7, 11) is 1.40. The van der Waals surface area contributed by atoms with Gasteiger partial charge in [-0.05, 0) is 50.2 Å². The molecule has 0 unspecified atom stereocenters. The lowest BCUT2D eigenvalue weighted by Crippen LogP contribution is -2.13. The number of nitrogens with one attached hydrogen (secondary N) is 1. The minimum atomic E-state index is -1.07. The number of rotatable bonds is 8. The van der Waals surface area contributed by atoms with Crippen LogP contribution < -0.4 is 19.5 Å². The number of anilines is 1. The van der Waals surface area contributed by atoms with Crippen LogP contribution in [0.4, 0.5) is 5.69 Å². The molecule has 1 amide bonds. The Morgan fingerprint density at radius 1 is 0.923 bits per heavy atom. The summed E-state index contributed by atoms with van der Waals surface area (Å²) in [5.41, 5.74) is 0.815. The first-order valence-corrected chi connectivity index (χ1v) is 8.12. The third-order valence-electron chi connectivity index (χ3n) is 3.50. The van der Waals surface area contributed by atoms with Gasteiger partial charge in [0.25, 0.3) is 5.91 Å². The Kier molecular flexibility index (Phi) is 6.43. The minimum Gasteiger partial charge on any atom is -0.495 e. The van der Waals surface area contributed by atoms with Crippen molar-refractivity contribution in [2.24, 2.45) is 0 Å². The van der Waals surface area contributed by atoms with Gasteiger partial charge in [-0.25, -0.2) is 4.79 Å². The van der Waals surface area contributed by atoms with Crippen molar-refractivity contribution in [3.05, 3.63) is 47.5 Å². The molecule has 0 spiro atoms.